The fourth-order valence-corrected chi connectivity index (χ4v) is 2.28. The molecule has 0 fully saturated rings. The highest BCUT2D eigenvalue weighted by Crippen LogP contribution is 2.36. The van der Waals surface area contributed by atoms with Crippen molar-refractivity contribution in [1.82, 2.24) is 10.1 Å². The Bertz CT molecular complexity index is 762. The van der Waals surface area contributed by atoms with Crippen LogP contribution >= 0.6 is 34.8 Å². The lowest BCUT2D eigenvalue weighted by Crippen LogP contribution is -1.99. The van der Waals surface area contributed by atoms with Gasteiger partial charge in [-0.2, -0.15) is 4.98 Å². The highest BCUT2D eigenvalue weighted by molar-refractivity contribution is 7.90. The summed E-state index contributed by atoms with van der Waals surface area (Å²) < 4.78 is 25.7. The molecule has 0 aliphatic carbocycles. The quantitative estimate of drug-likeness (QED) is 0.777. The molecule has 0 saturated heterocycles. The van der Waals surface area contributed by atoms with Crippen molar-refractivity contribution in [3.63, 3.8) is 0 Å². The number of halogens is 3. The summed E-state index contributed by atoms with van der Waals surface area (Å²) in [5.41, 5.74) is 0.766. The van der Waals surface area contributed by atoms with Crippen LogP contribution in [-0.4, -0.2) is 24.8 Å². The molecule has 0 radical (unpaired) electrons. The second-order valence-corrected chi connectivity index (χ2v) is 8.43. The molecular weight excluding hydrogens is 359 g/mol. The molecule has 112 valence electrons. The van der Waals surface area contributed by atoms with Crippen molar-refractivity contribution in [2.75, 3.05) is 6.26 Å². The average molecular weight is 368 g/mol. The molecule has 0 bridgehead atoms. The lowest BCUT2D eigenvalue weighted by molar-refractivity contribution is 0.381. The van der Waals surface area contributed by atoms with Crippen LogP contribution in [0.4, 0.5) is 0 Å². The van der Waals surface area contributed by atoms with E-state index in [2.05, 4.69) is 10.1 Å². The lowest BCUT2D eigenvalue weighted by Gasteiger charge is -2.01. The minimum atomic E-state index is -3.21. The van der Waals surface area contributed by atoms with E-state index >= 15 is 0 Å². The van der Waals surface area contributed by atoms with Crippen molar-refractivity contribution < 1.29 is 12.9 Å². The zero-order valence-corrected chi connectivity index (χ0v) is 13.7. The molecule has 0 aliphatic rings. The third-order valence-corrected chi connectivity index (χ3v) is 4.03. The molecule has 1 heterocycles. The normalized spacial score (nSPS) is 13.0. The lowest BCUT2D eigenvalue weighted by atomic mass is 10.2. The van der Waals surface area contributed by atoms with Gasteiger partial charge in [0.2, 0.25) is 0 Å². The Morgan fingerprint density at radius 1 is 1.14 bits per heavy atom. The molecule has 0 saturated carbocycles. The van der Waals surface area contributed by atoms with E-state index in [4.69, 9.17) is 39.3 Å². The Labute approximate surface area is 136 Å². The van der Waals surface area contributed by atoms with E-state index in [1.54, 1.807) is 24.3 Å². The van der Waals surface area contributed by atoms with Crippen molar-refractivity contribution in [3.8, 4) is 0 Å². The van der Waals surface area contributed by atoms with Gasteiger partial charge in [-0.3, -0.25) is 0 Å². The van der Waals surface area contributed by atoms with E-state index in [9.17, 15) is 8.42 Å². The Morgan fingerprint density at radius 2 is 1.76 bits per heavy atom. The summed E-state index contributed by atoms with van der Waals surface area (Å²) >= 11 is 16.8. The van der Waals surface area contributed by atoms with Gasteiger partial charge in [0.05, 0.1) is 4.90 Å². The number of benzene rings is 1. The summed E-state index contributed by atoms with van der Waals surface area (Å²) in [5, 5.41) is 3.63. The number of hydrogen-bond donors (Lipinski definition) is 0. The highest BCUT2D eigenvalue weighted by atomic mass is 35.6. The van der Waals surface area contributed by atoms with Gasteiger partial charge < -0.3 is 4.52 Å². The van der Waals surface area contributed by atoms with Crippen LogP contribution < -0.4 is 0 Å². The van der Waals surface area contributed by atoms with Crippen LogP contribution in [-0.2, 0) is 13.6 Å². The topological polar surface area (TPSA) is 73.1 Å². The minimum Gasteiger partial charge on any atom is -0.334 e. The standard InChI is InChI=1S/C12H9Cl3N2O3S/c1-21(18,19)9-5-2-8(3-6-9)4-7-10-16-11(20-17-10)12(13,14)15/h2-7H,1H3/b7-4+. The molecule has 1 aromatic carbocycles. The molecule has 21 heavy (non-hydrogen) atoms. The molecule has 1 aromatic heterocycles. The van der Waals surface area contributed by atoms with Crippen LogP contribution in [0.15, 0.2) is 33.7 Å². The van der Waals surface area contributed by atoms with E-state index < -0.39 is 13.6 Å². The first-order valence-electron chi connectivity index (χ1n) is 5.55. The van der Waals surface area contributed by atoms with Gasteiger partial charge in [0, 0.05) is 6.26 Å². The van der Waals surface area contributed by atoms with Crippen LogP contribution in [0.2, 0.25) is 0 Å². The first kappa shape index (κ1) is 16.3. The molecule has 0 spiro atoms. The summed E-state index contributed by atoms with van der Waals surface area (Å²) in [6.07, 6.45) is 4.38. The largest absolute Gasteiger partial charge is 0.334 e. The van der Waals surface area contributed by atoms with E-state index in [1.165, 1.54) is 12.1 Å². The van der Waals surface area contributed by atoms with Crippen molar-refractivity contribution in [3.05, 3.63) is 41.5 Å². The van der Waals surface area contributed by atoms with Crippen molar-refractivity contribution >= 4 is 56.8 Å². The maximum absolute atomic E-state index is 11.3. The van der Waals surface area contributed by atoms with Crippen LogP contribution in [0.25, 0.3) is 12.2 Å². The van der Waals surface area contributed by atoms with E-state index in [1.807, 2.05) is 0 Å². The Morgan fingerprint density at radius 3 is 2.24 bits per heavy atom. The van der Waals surface area contributed by atoms with Crippen LogP contribution in [0.3, 0.4) is 0 Å². The molecule has 2 rings (SSSR count). The molecule has 0 unspecified atom stereocenters. The van der Waals surface area contributed by atoms with Gasteiger partial charge in [-0.1, -0.05) is 58.2 Å². The molecule has 0 atom stereocenters. The number of sulfone groups is 1. The number of alkyl halides is 3. The van der Waals surface area contributed by atoms with E-state index in [-0.39, 0.29) is 16.6 Å². The van der Waals surface area contributed by atoms with Gasteiger partial charge >= 0.3 is 0 Å². The van der Waals surface area contributed by atoms with Gasteiger partial charge in [0.1, 0.15) is 0 Å². The van der Waals surface area contributed by atoms with Crippen LogP contribution in [0.1, 0.15) is 17.3 Å². The molecule has 2 aromatic rings. The fraction of sp³-hybridized carbons (Fsp3) is 0.167. The Hall–Kier alpha value is -1.08. The maximum atomic E-state index is 11.3. The van der Waals surface area contributed by atoms with Gasteiger partial charge in [0.15, 0.2) is 15.7 Å². The van der Waals surface area contributed by atoms with Crippen molar-refractivity contribution in [1.29, 1.82) is 0 Å². The van der Waals surface area contributed by atoms with E-state index in [0.29, 0.717) is 0 Å². The summed E-state index contributed by atoms with van der Waals surface area (Å²) in [4.78, 5) is 4.14. The van der Waals surface area contributed by atoms with Gasteiger partial charge in [-0.25, -0.2) is 8.42 Å². The van der Waals surface area contributed by atoms with Gasteiger partial charge in [-0.05, 0) is 23.8 Å². The maximum Gasteiger partial charge on any atom is 0.279 e. The first-order valence-corrected chi connectivity index (χ1v) is 8.58. The van der Waals surface area contributed by atoms with E-state index in [0.717, 1.165) is 11.8 Å². The number of aromatic nitrogens is 2. The summed E-state index contributed by atoms with van der Waals surface area (Å²) in [6, 6.07) is 6.33. The summed E-state index contributed by atoms with van der Waals surface area (Å²) in [5.74, 6) is 0.114. The predicted octanol–water partition coefficient (Wildman–Crippen LogP) is 3.47. The zero-order valence-electron chi connectivity index (χ0n) is 10.6. The Balaban J connectivity index is 2.16. The number of hydrogen-bond acceptors (Lipinski definition) is 5. The highest BCUT2D eigenvalue weighted by Gasteiger charge is 2.30. The average Bonchev–Trinajstić information content (AvgIpc) is 2.84. The second-order valence-electron chi connectivity index (χ2n) is 4.13. The Kier molecular flexibility index (Phi) is 4.63. The fourth-order valence-electron chi connectivity index (χ4n) is 1.41. The third kappa shape index (κ3) is 4.44. The van der Waals surface area contributed by atoms with Crippen LogP contribution in [0, 0.1) is 0 Å². The summed E-state index contributed by atoms with van der Waals surface area (Å²) in [6.45, 7) is 0. The zero-order chi connectivity index (χ0) is 15.7. The van der Waals surface area contributed by atoms with Crippen molar-refractivity contribution in [2.24, 2.45) is 0 Å². The third-order valence-electron chi connectivity index (χ3n) is 2.42. The minimum absolute atomic E-state index is 0.125. The smallest absolute Gasteiger partial charge is 0.279 e. The monoisotopic (exact) mass is 366 g/mol. The summed E-state index contributed by atoms with van der Waals surface area (Å²) in [7, 11) is -3.21. The van der Waals surface area contributed by atoms with Crippen molar-refractivity contribution in [2.45, 2.75) is 8.69 Å². The second kappa shape index (κ2) is 5.96. The molecular formula is C12H9Cl3N2O3S. The molecule has 0 N–H and O–H groups in total. The molecule has 0 aliphatic heterocycles. The molecule has 9 heteroatoms. The number of rotatable bonds is 3. The van der Waals surface area contributed by atoms with Crippen LogP contribution in [0.5, 0.6) is 0 Å². The van der Waals surface area contributed by atoms with Gasteiger partial charge in [0.25, 0.3) is 9.68 Å². The molecule has 0 amide bonds. The predicted molar refractivity (Wildman–Crippen MR) is 82.0 cm³/mol. The first-order chi connectivity index (χ1) is 9.66. The van der Waals surface area contributed by atoms with Gasteiger partial charge in [-0.15, -0.1) is 0 Å². The SMILES string of the molecule is CS(=O)(=O)c1ccc(/C=C/c2noc(C(Cl)(Cl)Cl)n2)cc1. The number of nitrogens with zero attached hydrogens (tertiary/aromatic N) is 2. The molecule has 5 nitrogen and oxygen atoms in total.